The van der Waals surface area contributed by atoms with Gasteiger partial charge in [0.15, 0.2) is 0 Å². The normalized spacial score (nSPS) is 13.6. The molecule has 0 aromatic rings. The lowest BCUT2D eigenvalue weighted by Crippen LogP contribution is -2.38. The van der Waals surface area contributed by atoms with Crippen LogP contribution in [-0.2, 0) is 14.2 Å². The number of carboxylic acid groups (broad SMARTS) is 2. The highest BCUT2D eigenvalue weighted by atomic mass is 31.2. The molecule has 0 saturated heterocycles. The lowest BCUT2D eigenvalue weighted by atomic mass is 10.2. The molecule has 0 aliphatic heterocycles. The summed E-state index contributed by atoms with van der Waals surface area (Å²) in [6.45, 7) is 0. The number of carbonyl (C=O) groups is 2. The van der Waals surface area contributed by atoms with Crippen molar-refractivity contribution in [1.29, 1.82) is 0 Å². The van der Waals surface area contributed by atoms with Crippen molar-refractivity contribution >= 4 is 19.5 Å². The zero-order valence-corrected chi connectivity index (χ0v) is 7.85. The molecule has 0 saturated carbocycles. The molecule has 0 aromatic carbocycles. The average molecular weight is 227 g/mol. The van der Waals surface area contributed by atoms with Crippen LogP contribution < -0.4 is 5.32 Å². The molecular weight excluding hydrogens is 217 g/mol. The molecule has 0 unspecified atom stereocenters. The number of hydrogen-bond donors (Lipinski definition) is 5. The maximum absolute atomic E-state index is 10.4. The second-order valence-corrected chi connectivity index (χ2v) is 4.16. The van der Waals surface area contributed by atoms with E-state index in [-0.39, 0.29) is 0 Å². The smallest absolute Gasteiger partial charge is 0.339 e. The molecule has 0 aliphatic carbocycles. The molecule has 5 N–H and O–H groups in total. The Labute approximate surface area is 78.7 Å². The highest BCUT2D eigenvalue weighted by molar-refractivity contribution is 7.51. The van der Waals surface area contributed by atoms with E-state index in [2.05, 4.69) is 0 Å². The minimum atomic E-state index is -4.37. The topological polar surface area (TPSA) is 144 Å². The number of rotatable bonds is 6. The third-order valence-corrected chi connectivity index (χ3v) is 1.82. The monoisotopic (exact) mass is 227 g/mol. The molecule has 0 amide bonds. The van der Waals surface area contributed by atoms with Crippen LogP contribution in [0.15, 0.2) is 0 Å². The lowest BCUT2D eigenvalue weighted by molar-refractivity contribution is -0.145. The zero-order chi connectivity index (χ0) is 11.4. The summed E-state index contributed by atoms with van der Waals surface area (Å²) >= 11 is 0. The fourth-order valence-corrected chi connectivity index (χ4v) is 1.11. The van der Waals surface area contributed by atoms with Gasteiger partial charge < -0.3 is 20.0 Å². The SMILES string of the molecule is O=C(O)C[C@H](NCP(=O)(O)O)C(=O)O. The van der Waals surface area contributed by atoms with Crippen molar-refractivity contribution in [3.8, 4) is 0 Å². The molecule has 0 bridgehead atoms. The summed E-state index contributed by atoms with van der Waals surface area (Å²) in [7, 11) is -4.37. The molecule has 82 valence electrons. The van der Waals surface area contributed by atoms with Crippen molar-refractivity contribution in [2.24, 2.45) is 0 Å². The molecule has 0 rings (SSSR count). The van der Waals surface area contributed by atoms with Gasteiger partial charge in [0, 0.05) is 0 Å². The maximum Gasteiger partial charge on any atom is 0.339 e. The summed E-state index contributed by atoms with van der Waals surface area (Å²) in [6.07, 6.45) is -1.60. The number of aliphatic carboxylic acids is 2. The van der Waals surface area contributed by atoms with Crippen molar-refractivity contribution in [3.05, 3.63) is 0 Å². The zero-order valence-electron chi connectivity index (χ0n) is 6.95. The summed E-state index contributed by atoms with van der Waals surface area (Å²) in [4.78, 5) is 37.3. The first-order valence-corrected chi connectivity index (χ1v) is 5.24. The molecule has 8 nitrogen and oxygen atoms in total. The first-order chi connectivity index (χ1) is 6.22. The van der Waals surface area contributed by atoms with Crippen LogP contribution in [0.1, 0.15) is 6.42 Å². The Morgan fingerprint density at radius 1 is 1.29 bits per heavy atom. The van der Waals surface area contributed by atoms with Gasteiger partial charge in [-0.3, -0.25) is 19.5 Å². The van der Waals surface area contributed by atoms with Gasteiger partial charge in [0.05, 0.1) is 12.7 Å². The van der Waals surface area contributed by atoms with E-state index in [1.165, 1.54) is 0 Å². The quantitative estimate of drug-likeness (QED) is 0.350. The van der Waals surface area contributed by atoms with Gasteiger partial charge >= 0.3 is 19.5 Å². The molecular formula is C5H10NO7P. The average Bonchev–Trinajstić information content (AvgIpc) is 1.94. The Morgan fingerprint density at radius 3 is 2.07 bits per heavy atom. The fraction of sp³-hybridized carbons (Fsp3) is 0.600. The van der Waals surface area contributed by atoms with E-state index >= 15 is 0 Å². The van der Waals surface area contributed by atoms with Gasteiger partial charge in [0.2, 0.25) is 0 Å². The third kappa shape index (κ3) is 6.55. The van der Waals surface area contributed by atoms with Gasteiger partial charge in [0.1, 0.15) is 6.04 Å². The molecule has 14 heavy (non-hydrogen) atoms. The van der Waals surface area contributed by atoms with Gasteiger partial charge in [-0.05, 0) is 0 Å². The van der Waals surface area contributed by atoms with Crippen molar-refractivity contribution in [1.82, 2.24) is 5.32 Å². The van der Waals surface area contributed by atoms with Gasteiger partial charge in [0.25, 0.3) is 0 Å². The second-order valence-electron chi connectivity index (χ2n) is 2.52. The molecule has 0 aromatic heterocycles. The number of nitrogens with one attached hydrogen (secondary N) is 1. The van der Waals surface area contributed by atoms with Crippen LogP contribution >= 0.6 is 7.60 Å². The minimum absolute atomic E-state index is 0.741. The van der Waals surface area contributed by atoms with Crippen LogP contribution in [0.5, 0.6) is 0 Å². The van der Waals surface area contributed by atoms with E-state index in [0.717, 1.165) is 0 Å². The summed E-state index contributed by atoms with van der Waals surface area (Å²) in [5.74, 6) is -2.84. The summed E-state index contributed by atoms with van der Waals surface area (Å²) in [6, 6.07) is -1.50. The Bertz CT molecular complexity index is 271. The molecule has 0 radical (unpaired) electrons. The predicted octanol–water partition coefficient (Wildman–Crippen LogP) is -1.36. The Morgan fingerprint density at radius 2 is 1.79 bits per heavy atom. The standard InChI is InChI=1S/C5H10NO7P/c7-4(8)1-3(5(9)10)6-2-14(11,12)13/h3,6H,1-2H2,(H,7,8)(H,9,10)(H2,11,12,13)/t3-/m0/s1. The summed E-state index contributed by atoms with van der Waals surface area (Å²) < 4.78 is 10.3. The Balaban J connectivity index is 4.18. The van der Waals surface area contributed by atoms with Gasteiger partial charge in [-0.25, -0.2) is 0 Å². The first-order valence-electron chi connectivity index (χ1n) is 3.45. The minimum Gasteiger partial charge on any atom is -0.481 e. The van der Waals surface area contributed by atoms with Crippen LogP contribution in [0.4, 0.5) is 0 Å². The molecule has 1 atom stereocenters. The van der Waals surface area contributed by atoms with Gasteiger partial charge in [-0.1, -0.05) is 0 Å². The van der Waals surface area contributed by atoms with E-state index in [0.29, 0.717) is 0 Å². The van der Waals surface area contributed by atoms with Crippen LogP contribution in [0, 0.1) is 0 Å². The second kappa shape index (κ2) is 5.06. The third-order valence-electron chi connectivity index (χ3n) is 1.22. The summed E-state index contributed by atoms with van der Waals surface area (Å²) in [5.41, 5.74) is 0. The lowest BCUT2D eigenvalue weighted by Gasteiger charge is -2.12. The van der Waals surface area contributed by atoms with E-state index < -0.39 is 38.3 Å². The molecule has 9 heteroatoms. The fourth-order valence-electron chi connectivity index (χ4n) is 0.651. The Kier molecular flexibility index (Phi) is 4.72. The van der Waals surface area contributed by atoms with Crippen LogP contribution in [0.3, 0.4) is 0 Å². The van der Waals surface area contributed by atoms with Crippen molar-refractivity contribution in [3.63, 3.8) is 0 Å². The Hall–Kier alpha value is -0.950. The van der Waals surface area contributed by atoms with Crippen molar-refractivity contribution < 1.29 is 34.2 Å². The predicted molar refractivity (Wildman–Crippen MR) is 43.7 cm³/mol. The molecule has 0 fully saturated rings. The van der Waals surface area contributed by atoms with E-state index in [1.54, 1.807) is 0 Å². The van der Waals surface area contributed by atoms with E-state index in [1.807, 2.05) is 5.32 Å². The van der Waals surface area contributed by atoms with Crippen LogP contribution in [0.25, 0.3) is 0 Å². The largest absolute Gasteiger partial charge is 0.481 e. The first kappa shape index (κ1) is 13.1. The number of hydrogen-bond acceptors (Lipinski definition) is 4. The highest BCUT2D eigenvalue weighted by Gasteiger charge is 2.23. The molecule has 0 heterocycles. The van der Waals surface area contributed by atoms with Gasteiger partial charge in [-0.15, -0.1) is 0 Å². The van der Waals surface area contributed by atoms with Crippen LogP contribution in [0.2, 0.25) is 0 Å². The van der Waals surface area contributed by atoms with Crippen molar-refractivity contribution in [2.45, 2.75) is 12.5 Å². The number of carboxylic acids is 2. The van der Waals surface area contributed by atoms with E-state index in [4.69, 9.17) is 20.0 Å². The summed E-state index contributed by atoms with van der Waals surface area (Å²) in [5, 5.41) is 18.7. The maximum atomic E-state index is 10.4. The van der Waals surface area contributed by atoms with E-state index in [9.17, 15) is 14.2 Å². The highest BCUT2D eigenvalue weighted by Crippen LogP contribution is 2.32. The van der Waals surface area contributed by atoms with Crippen molar-refractivity contribution in [2.75, 3.05) is 6.29 Å². The van der Waals surface area contributed by atoms with Gasteiger partial charge in [-0.2, -0.15) is 0 Å². The molecule has 0 spiro atoms. The molecule has 0 aliphatic rings. The van der Waals surface area contributed by atoms with Crippen LogP contribution in [-0.4, -0.2) is 44.3 Å².